The monoisotopic (exact) mass is 341 g/mol. The molecule has 2 aromatic carbocycles. The predicted molar refractivity (Wildman–Crippen MR) is 101 cm³/mol. The molecule has 0 aliphatic carbocycles. The van der Waals surface area contributed by atoms with Crippen molar-refractivity contribution in [1.82, 2.24) is 15.1 Å². The van der Waals surface area contributed by atoms with Crippen LogP contribution in [0.15, 0.2) is 36.4 Å². The predicted octanol–water partition coefficient (Wildman–Crippen LogP) is 2.10. The van der Waals surface area contributed by atoms with Gasteiger partial charge < -0.3 is 15.0 Å². The van der Waals surface area contributed by atoms with Crippen molar-refractivity contribution >= 4 is 16.7 Å². The van der Waals surface area contributed by atoms with Crippen LogP contribution in [0.5, 0.6) is 5.75 Å². The summed E-state index contributed by atoms with van der Waals surface area (Å²) in [4.78, 5) is 16.6. The van der Waals surface area contributed by atoms with Crippen molar-refractivity contribution < 1.29 is 9.53 Å². The SMILES string of the molecule is COc1ccc2cc(CN(C)C(=O)CN3CCNC[C@H]3C)ccc2c1. The Balaban J connectivity index is 1.64. The summed E-state index contributed by atoms with van der Waals surface area (Å²) >= 11 is 0. The molecule has 1 heterocycles. The molecule has 1 amide bonds. The molecule has 5 heteroatoms. The van der Waals surface area contributed by atoms with E-state index in [1.807, 2.05) is 24.1 Å². The normalized spacial score (nSPS) is 18.3. The highest BCUT2D eigenvalue weighted by molar-refractivity contribution is 5.84. The zero-order valence-corrected chi connectivity index (χ0v) is 15.3. The summed E-state index contributed by atoms with van der Waals surface area (Å²) in [5.41, 5.74) is 1.14. The zero-order chi connectivity index (χ0) is 17.8. The fraction of sp³-hybridized carbons (Fsp3) is 0.450. The molecule has 0 spiro atoms. The minimum absolute atomic E-state index is 0.170. The van der Waals surface area contributed by atoms with Crippen LogP contribution in [0.2, 0.25) is 0 Å². The molecule has 0 aromatic heterocycles. The summed E-state index contributed by atoms with van der Waals surface area (Å²) in [6, 6.07) is 12.8. The Morgan fingerprint density at radius 3 is 2.80 bits per heavy atom. The summed E-state index contributed by atoms with van der Waals surface area (Å²) in [6.45, 7) is 6.11. The quantitative estimate of drug-likeness (QED) is 0.905. The molecular formula is C20H27N3O2. The molecular weight excluding hydrogens is 314 g/mol. The number of carbonyl (C=O) groups excluding carboxylic acids is 1. The van der Waals surface area contributed by atoms with Crippen LogP contribution in [-0.2, 0) is 11.3 Å². The fourth-order valence-electron chi connectivity index (χ4n) is 3.27. The number of fused-ring (bicyclic) bond motifs is 1. The van der Waals surface area contributed by atoms with Gasteiger partial charge in [0.25, 0.3) is 0 Å². The first-order valence-electron chi connectivity index (χ1n) is 8.82. The Morgan fingerprint density at radius 1 is 1.28 bits per heavy atom. The average Bonchev–Trinajstić information content (AvgIpc) is 2.63. The maximum absolute atomic E-state index is 12.6. The van der Waals surface area contributed by atoms with Gasteiger partial charge in [0.1, 0.15) is 5.75 Å². The van der Waals surface area contributed by atoms with Crippen LogP contribution in [0, 0.1) is 0 Å². The topological polar surface area (TPSA) is 44.8 Å². The molecule has 0 radical (unpaired) electrons. The Hall–Kier alpha value is -2.11. The third-order valence-corrected chi connectivity index (χ3v) is 4.93. The van der Waals surface area contributed by atoms with Gasteiger partial charge in [-0.05, 0) is 41.5 Å². The molecule has 0 bridgehead atoms. The van der Waals surface area contributed by atoms with Crippen LogP contribution in [0.3, 0.4) is 0 Å². The minimum atomic E-state index is 0.170. The highest BCUT2D eigenvalue weighted by Crippen LogP contribution is 2.22. The number of likely N-dealkylation sites (N-methyl/N-ethyl adjacent to an activating group) is 1. The third-order valence-electron chi connectivity index (χ3n) is 4.93. The van der Waals surface area contributed by atoms with Crippen LogP contribution >= 0.6 is 0 Å². The number of hydrogen-bond acceptors (Lipinski definition) is 4. The second kappa shape index (κ2) is 7.85. The number of amides is 1. The second-order valence-electron chi connectivity index (χ2n) is 6.82. The van der Waals surface area contributed by atoms with Gasteiger partial charge in [-0.1, -0.05) is 18.2 Å². The summed E-state index contributed by atoms with van der Waals surface area (Å²) in [5, 5.41) is 5.66. The average molecular weight is 341 g/mol. The lowest BCUT2D eigenvalue weighted by molar-refractivity contribution is -0.132. The van der Waals surface area contributed by atoms with Crippen molar-refractivity contribution in [3.63, 3.8) is 0 Å². The number of nitrogens with zero attached hydrogens (tertiary/aromatic N) is 2. The van der Waals surface area contributed by atoms with Crippen LogP contribution in [0.4, 0.5) is 0 Å². The molecule has 1 saturated heterocycles. The van der Waals surface area contributed by atoms with Crippen LogP contribution in [0.1, 0.15) is 12.5 Å². The smallest absolute Gasteiger partial charge is 0.236 e. The van der Waals surface area contributed by atoms with Crippen LogP contribution < -0.4 is 10.1 Å². The van der Waals surface area contributed by atoms with E-state index >= 15 is 0 Å². The maximum Gasteiger partial charge on any atom is 0.236 e. The van der Waals surface area contributed by atoms with Gasteiger partial charge in [-0.3, -0.25) is 9.69 Å². The van der Waals surface area contributed by atoms with Crippen molar-refractivity contribution in [2.24, 2.45) is 0 Å². The van der Waals surface area contributed by atoms with E-state index < -0.39 is 0 Å². The molecule has 1 aliphatic rings. The molecule has 1 atom stereocenters. The van der Waals surface area contributed by atoms with Crippen molar-refractivity contribution in [3.05, 3.63) is 42.0 Å². The summed E-state index contributed by atoms with van der Waals surface area (Å²) in [5.74, 6) is 1.03. The first kappa shape index (κ1) is 17.7. The second-order valence-corrected chi connectivity index (χ2v) is 6.82. The molecule has 0 saturated carbocycles. The van der Waals surface area contributed by atoms with Gasteiger partial charge in [-0.15, -0.1) is 0 Å². The minimum Gasteiger partial charge on any atom is -0.497 e. The van der Waals surface area contributed by atoms with E-state index in [1.54, 1.807) is 7.11 Å². The van der Waals surface area contributed by atoms with Gasteiger partial charge in [0.05, 0.1) is 13.7 Å². The first-order valence-corrected chi connectivity index (χ1v) is 8.82. The van der Waals surface area contributed by atoms with Gasteiger partial charge in [0.2, 0.25) is 5.91 Å². The zero-order valence-electron chi connectivity index (χ0n) is 15.3. The number of piperazine rings is 1. The van der Waals surface area contributed by atoms with Gasteiger partial charge in [-0.25, -0.2) is 0 Å². The highest BCUT2D eigenvalue weighted by Gasteiger charge is 2.21. The van der Waals surface area contributed by atoms with E-state index in [4.69, 9.17) is 4.74 Å². The highest BCUT2D eigenvalue weighted by atomic mass is 16.5. The number of nitrogens with one attached hydrogen (secondary N) is 1. The van der Waals surface area contributed by atoms with Gasteiger partial charge in [0.15, 0.2) is 0 Å². The molecule has 25 heavy (non-hydrogen) atoms. The maximum atomic E-state index is 12.6. The van der Waals surface area contributed by atoms with Crippen molar-refractivity contribution in [2.75, 3.05) is 40.3 Å². The lowest BCUT2D eigenvalue weighted by Crippen LogP contribution is -2.52. The van der Waals surface area contributed by atoms with E-state index in [0.29, 0.717) is 19.1 Å². The van der Waals surface area contributed by atoms with Crippen molar-refractivity contribution in [3.8, 4) is 5.75 Å². The largest absolute Gasteiger partial charge is 0.497 e. The Bertz CT molecular complexity index is 747. The standard InChI is InChI=1S/C20H27N3O2/c1-15-12-21-8-9-23(15)14-20(24)22(2)13-16-4-5-18-11-19(25-3)7-6-17(18)10-16/h4-7,10-11,15,21H,8-9,12-14H2,1-3H3/t15-/m1/s1. The van der Waals surface area contributed by atoms with Gasteiger partial charge in [-0.2, -0.15) is 0 Å². The lowest BCUT2D eigenvalue weighted by atomic mass is 10.1. The Morgan fingerprint density at radius 2 is 2.04 bits per heavy atom. The van der Waals surface area contributed by atoms with E-state index in [-0.39, 0.29) is 5.91 Å². The summed E-state index contributed by atoms with van der Waals surface area (Å²) < 4.78 is 5.27. The van der Waals surface area contributed by atoms with E-state index in [2.05, 4.69) is 41.4 Å². The molecule has 134 valence electrons. The first-order chi connectivity index (χ1) is 12.1. The summed E-state index contributed by atoms with van der Waals surface area (Å²) in [6.07, 6.45) is 0. The molecule has 2 aromatic rings. The van der Waals surface area contributed by atoms with Gasteiger partial charge in [0, 0.05) is 39.3 Å². The number of rotatable bonds is 5. The number of benzene rings is 2. The van der Waals surface area contributed by atoms with E-state index in [0.717, 1.165) is 41.7 Å². The molecule has 0 unspecified atom stereocenters. The van der Waals surface area contributed by atoms with Gasteiger partial charge >= 0.3 is 0 Å². The van der Waals surface area contributed by atoms with Crippen molar-refractivity contribution in [1.29, 1.82) is 0 Å². The molecule has 1 aliphatic heterocycles. The lowest BCUT2D eigenvalue weighted by Gasteiger charge is -2.34. The van der Waals surface area contributed by atoms with Crippen LogP contribution in [-0.4, -0.2) is 62.1 Å². The van der Waals surface area contributed by atoms with Crippen molar-refractivity contribution in [2.45, 2.75) is 19.5 Å². The van der Waals surface area contributed by atoms with E-state index in [9.17, 15) is 4.79 Å². The number of ether oxygens (including phenoxy) is 1. The molecule has 1 N–H and O–H groups in total. The Labute approximate surface area is 149 Å². The third kappa shape index (κ3) is 4.30. The van der Waals surface area contributed by atoms with E-state index in [1.165, 1.54) is 0 Å². The Kier molecular flexibility index (Phi) is 5.56. The molecule has 3 rings (SSSR count). The van der Waals surface area contributed by atoms with Crippen LogP contribution in [0.25, 0.3) is 10.8 Å². The number of methoxy groups -OCH3 is 1. The molecule has 1 fully saturated rings. The number of carbonyl (C=O) groups is 1. The summed E-state index contributed by atoms with van der Waals surface area (Å²) in [7, 11) is 3.56. The molecule has 5 nitrogen and oxygen atoms in total. The number of hydrogen-bond donors (Lipinski definition) is 1. The fourth-order valence-corrected chi connectivity index (χ4v) is 3.27.